The Kier molecular flexibility index (Phi) is 2.13. The van der Waals surface area contributed by atoms with Gasteiger partial charge in [-0.15, -0.1) is 0 Å². The van der Waals surface area contributed by atoms with Crippen molar-refractivity contribution in [1.29, 1.82) is 0 Å². The Balaban J connectivity index is 2.06. The normalized spacial score (nSPS) is 44.1. The van der Waals surface area contributed by atoms with Gasteiger partial charge in [0.25, 0.3) is 5.92 Å². The van der Waals surface area contributed by atoms with Gasteiger partial charge >= 0.3 is 0 Å². The fourth-order valence-corrected chi connectivity index (χ4v) is 2.63. The predicted molar refractivity (Wildman–Crippen MR) is 47.2 cm³/mol. The third kappa shape index (κ3) is 1.07. The summed E-state index contributed by atoms with van der Waals surface area (Å²) in [4.78, 5) is 0. The van der Waals surface area contributed by atoms with Crippen molar-refractivity contribution in [1.82, 2.24) is 0 Å². The molecule has 2 aliphatic rings. The Morgan fingerprint density at radius 1 is 1.43 bits per heavy atom. The van der Waals surface area contributed by atoms with E-state index in [4.69, 9.17) is 4.74 Å². The number of aliphatic hydroxyl groups is 1. The SMILES string of the molecule is CC(C)OCC12C(O)CCC1C2(F)F. The average molecular weight is 206 g/mol. The molecule has 0 aromatic rings. The quantitative estimate of drug-likeness (QED) is 0.763. The van der Waals surface area contributed by atoms with Crippen LogP contribution in [0.1, 0.15) is 26.7 Å². The standard InChI is InChI=1S/C10H16F2O2/c1-6(2)14-5-9-7(10(9,11)12)3-4-8(9)13/h6-8,13H,3-5H2,1-2H3. The molecule has 0 aliphatic heterocycles. The van der Waals surface area contributed by atoms with Gasteiger partial charge < -0.3 is 9.84 Å². The van der Waals surface area contributed by atoms with Crippen LogP contribution >= 0.6 is 0 Å². The first kappa shape index (κ1) is 10.3. The molecule has 3 unspecified atom stereocenters. The van der Waals surface area contributed by atoms with E-state index in [0.717, 1.165) is 0 Å². The zero-order valence-corrected chi connectivity index (χ0v) is 8.46. The maximum atomic E-state index is 13.4. The average Bonchev–Trinajstić information content (AvgIpc) is 2.35. The lowest BCUT2D eigenvalue weighted by Gasteiger charge is -2.21. The highest BCUT2D eigenvalue weighted by Gasteiger charge is 2.85. The van der Waals surface area contributed by atoms with Gasteiger partial charge in [0.2, 0.25) is 0 Å². The van der Waals surface area contributed by atoms with Gasteiger partial charge in [-0.05, 0) is 26.7 Å². The molecule has 0 radical (unpaired) electrons. The third-order valence-corrected chi connectivity index (χ3v) is 3.58. The lowest BCUT2D eigenvalue weighted by Crippen LogP contribution is -2.31. The Morgan fingerprint density at radius 3 is 2.50 bits per heavy atom. The lowest BCUT2D eigenvalue weighted by atomic mass is 10.0. The van der Waals surface area contributed by atoms with Crippen LogP contribution in [-0.4, -0.2) is 29.8 Å². The van der Waals surface area contributed by atoms with E-state index in [1.165, 1.54) is 0 Å². The van der Waals surface area contributed by atoms with Crippen molar-refractivity contribution >= 4 is 0 Å². The molecule has 2 aliphatic carbocycles. The van der Waals surface area contributed by atoms with E-state index in [1.807, 2.05) is 13.8 Å². The zero-order chi connectivity index (χ0) is 10.6. The number of rotatable bonds is 3. The molecular formula is C10H16F2O2. The fraction of sp³-hybridized carbons (Fsp3) is 1.00. The smallest absolute Gasteiger partial charge is 0.262 e. The summed E-state index contributed by atoms with van der Waals surface area (Å²) in [6.07, 6.45) is -0.0346. The number of alkyl halides is 2. The van der Waals surface area contributed by atoms with E-state index in [1.54, 1.807) is 0 Å². The maximum Gasteiger partial charge on any atom is 0.262 e. The van der Waals surface area contributed by atoms with Crippen LogP contribution in [0.4, 0.5) is 8.78 Å². The first-order valence-electron chi connectivity index (χ1n) is 5.10. The summed E-state index contributed by atoms with van der Waals surface area (Å²) in [5, 5.41) is 9.58. The van der Waals surface area contributed by atoms with Crippen molar-refractivity contribution in [3.05, 3.63) is 0 Å². The molecule has 82 valence electrons. The number of halogens is 2. The molecule has 2 saturated carbocycles. The maximum absolute atomic E-state index is 13.4. The van der Waals surface area contributed by atoms with Gasteiger partial charge in [-0.3, -0.25) is 0 Å². The summed E-state index contributed by atoms with van der Waals surface area (Å²) < 4.78 is 32.0. The number of hydrogen-bond acceptors (Lipinski definition) is 2. The molecule has 0 amide bonds. The summed E-state index contributed by atoms with van der Waals surface area (Å²) in [7, 11) is 0. The second-order valence-corrected chi connectivity index (χ2v) is 4.67. The minimum absolute atomic E-state index is 0.0104. The van der Waals surface area contributed by atoms with Crippen LogP contribution < -0.4 is 0 Å². The van der Waals surface area contributed by atoms with Crippen molar-refractivity contribution in [3.63, 3.8) is 0 Å². The molecule has 0 saturated heterocycles. The molecule has 2 rings (SSSR count). The molecule has 0 aromatic heterocycles. The highest BCUT2D eigenvalue weighted by atomic mass is 19.3. The molecule has 0 heterocycles. The Morgan fingerprint density at radius 2 is 2.07 bits per heavy atom. The molecule has 14 heavy (non-hydrogen) atoms. The first-order chi connectivity index (χ1) is 6.43. The van der Waals surface area contributed by atoms with Crippen LogP contribution in [0.25, 0.3) is 0 Å². The second kappa shape index (κ2) is 2.89. The topological polar surface area (TPSA) is 29.5 Å². The molecule has 0 spiro atoms. The molecule has 0 bridgehead atoms. The van der Waals surface area contributed by atoms with E-state index in [0.29, 0.717) is 12.8 Å². The molecule has 0 aromatic carbocycles. The van der Waals surface area contributed by atoms with Crippen LogP contribution in [0.5, 0.6) is 0 Å². The molecule has 1 N–H and O–H groups in total. The minimum Gasteiger partial charge on any atom is -0.392 e. The van der Waals surface area contributed by atoms with Crippen LogP contribution in [0, 0.1) is 11.3 Å². The van der Waals surface area contributed by atoms with E-state index in [9.17, 15) is 13.9 Å². The van der Waals surface area contributed by atoms with Gasteiger partial charge in [0.05, 0.1) is 24.2 Å². The molecular weight excluding hydrogens is 190 g/mol. The largest absolute Gasteiger partial charge is 0.392 e. The summed E-state index contributed by atoms with van der Waals surface area (Å²) in [5.74, 6) is -3.36. The second-order valence-electron chi connectivity index (χ2n) is 4.67. The van der Waals surface area contributed by atoms with Crippen molar-refractivity contribution in [2.75, 3.05) is 6.61 Å². The van der Waals surface area contributed by atoms with E-state index < -0.39 is 23.4 Å². The Hall–Kier alpha value is -0.220. The number of aliphatic hydroxyl groups excluding tert-OH is 1. The van der Waals surface area contributed by atoms with Gasteiger partial charge in [-0.2, -0.15) is 0 Å². The molecule has 2 fully saturated rings. The van der Waals surface area contributed by atoms with Gasteiger partial charge in [-0.25, -0.2) is 8.78 Å². The minimum atomic E-state index is -2.71. The van der Waals surface area contributed by atoms with Crippen molar-refractivity contribution in [3.8, 4) is 0 Å². The number of fused-ring (bicyclic) bond motifs is 1. The van der Waals surface area contributed by atoms with Gasteiger partial charge in [0, 0.05) is 5.92 Å². The van der Waals surface area contributed by atoms with Crippen molar-refractivity contribution in [2.24, 2.45) is 11.3 Å². The number of hydrogen-bond donors (Lipinski definition) is 1. The monoisotopic (exact) mass is 206 g/mol. The third-order valence-electron chi connectivity index (χ3n) is 3.58. The summed E-state index contributed by atoms with van der Waals surface area (Å²) in [5.41, 5.74) is -1.25. The predicted octanol–water partition coefficient (Wildman–Crippen LogP) is 1.82. The molecule has 3 atom stereocenters. The van der Waals surface area contributed by atoms with Gasteiger partial charge in [0.15, 0.2) is 0 Å². The zero-order valence-electron chi connectivity index (χ0n) is 8.46. The Labute approximate surface area is 82.3 Å². The van der Waals surface area contributed by atoms with E-state index in [2.05, 4.69) is 0 Å². The van der Waals surface area contributed by atoms with Gasteiger partial charge in [-0.1, -0.05) is 0 Å². The molecule has 2 nitrogen and oxygen atoms in total. The van der Waals surface area contributed by atoms with Crippen LogP contribution in [-0.2, 0) is 4.74 Å². The van der Waals surface area contributed by atoms with E-state index in [-0.39, 0.29) is 12.7 Å². The van der Waals surface area contributed by atoms with Gasteiger partial charge in [0.1, 0.15) is 0 Å². The summed E-state index contributed by atoms with van der Waals surface area (Å²) in [6, 6.07) is 0. The van der Waals surface area contributed by atoms with Crippen LogP contribution in [0.2, 0.25) is 0 Å². The number of ether oxygens (including phenoxy) is 1. The fourth-order valence-electron chi connectivity index (χ4n) is 2.63. The van der Waals surface area contributed by atoms with E-state index >= 15 is 0 Å². The van der Waals surface area contributed by atoms with Crippen LogP contribution in [0.3, 0.4) is 0 Å². The summed E-state index contributed by atoms with van der Waals surface area (Å²) in [6.45, 7) is 3.62. The summed E-state index contributed by atoms with van der Waals surface area (Å²) >= 11 is 0. The first-order valence-corrected chi connectivity index (χ1v) is 5.10. The highest BCUT2D eigenvalue weighted by Crippen LogP contribution is 2.73. The lowest BCUT2D eigenvalue weighted by molar-refractivity contribution is -0.0664. The van der Waals surface area contributed by atoms with Crippen LogP contribution in [0.15, 0.2) is 0 Å². The van der Waals surface area contributed by atoms with Crippen molar-refractivity contribution < 1.29 is 18.6 Å². The Bertz CT molecular complexity index is 242. The van der Waals surface area contributed by atoms with Crippen molar-refractivity contribution in [2.45, 2.75) is 44.8 Å². The molecule has 4 heteroatoms. The highest BCUT2D eigenvalue weighted by molar-refractivity contribution is 5.24.